The van der Waals surface area contributed by atoms with Crippen LogP contribution in [0.1, 0.15) is 53.9 Å². The highest BCUT2D eigenvalue weighted by Gasteiger charge is 2.34. The van der Waals surface area contributed by atoms with Gasteiger partial charge in [0.05, 0.1) is 47.7 Å². The molecule has 0 unspecified atom stereocenters. The minimum Gasteiger partial charge on any atom is -0.490 e. The van der Waals surface area contributed by atoms with Crippen LogP contribution in [0.5, 0.6) is 17.2 Å². The maximum Gasteiger partial charge on any atom is 0.343 e. The molecule has 12 nitrogen and oxygen atoms in total. The Bertz CT molecular complexity index is 2080. The van der Waals surface area contributed by atoms with Crippen LogP contribution in [0.15, 0.2) is 87.8 Å². The lowest BCUT2D eigenvalue weighted by atomic mass is 9.95. The van der Waals surface area contributed by atoms with Gasteiger partial charge in [0.25, 0.3) is 5.56 Å². The van der Waals surface area contributed by atoms with Crippen molar-refractivity contribution in [2.75, 3.05) is 26.9 Å². The zero-order valence-corrected chi connectivity index (χ0v) is 28.1. The molecule has 1 atom stereocenters. The van der Waals surface area contributed by atoms with E-state index in [1.165, 1.54) is 35.1 Å². The Balaban J connectivity index is 1.48. The van der Waals surface area contributed by atoms with Crippen molar-refractivity contribution >= 4 is 35.3 Å². The lowest BCUT2D eigenvalue weighted by Gasteiger charge is -2.25. The van der Waals surface area contributed by atoms with Crippen LogP contribution in [-0.4, -0.2) is 54.5 Å². The summed E-state index contributed by atoms with van der Waals surface area (Å²) in [5.41, 5.74) is 2.60. The van der Waals surface area contributed by atoms with Crippen LogP contribution >= 0.6 is 11.3 Å². The highest BCUT2D eigenvalue weighted by atomic mass is 32.1. The summed E-state index contributed by atoms with van der Waals surface area (Å²) in [6.07, 6.45) is 1.74. The minimum absolute atomic E-state index is 0.133. The van der Waals surface area contributed by atoms with Crippen LogP contribution < -0.4 is 29.1 Å². The van der Waals surface area contributed by atoms with Crippen LogP contribution in [0, 0.1) is 0 Å². The predicted molar refractivity (Wildman–Crippen MR) is 180 cm³/mol. The molecular weight excluding hydrogens is 652 g/mol. The van der Waals surface area contributed by atoms with Gasteiger partial charge in [0, 0.05) is 0 Å². The van der Waals surface area contributed by atoms with Gasteiger partial charge in [-0.1, -0.05) is 41.7 Å². The van der Waals surface area contributed by atoms with Gasteiger partial charge in [-0.15, -0.1) is 0 Å². The predicted octanol–water partition coefficient (Wildman–Crippen LogP) is 4.03. The number of carbonyl (C=O) groups excluding carboxylic acids is 2. The van der Waals surface area contributed by atoms with Crippen molar-refractivity contribution in [1.82, 2.24) is 4.57 Å². The lowest BCUT2D eigenvalue weighted by Crippen LogP contribution is -2.40. The molecule has 5 rings (SSSR count). The van der Waals surface area contributed by atoms with Crippen molar-refractivity contribution in [3.05, 3.63) is 120 Å². The Labute approximate surface area is 285 Å². The number of hydrogen-bond acceptors (Lipinski definition) is 11. The van der Waals surface area contributed by atoms with E-state index in [9.17, 15) is 19.2 Å². The van der Waals surface area contributed by atoms with Gasteiger partial charge in [-0.3, -0.25) is 9.36 Å². The van der Waals surface area contributed by atoms with Crippen molar-refractivity contribution in [2.24, 2.45) is 4.99 Å². The van der Waals surface area contributed by atoms with E-state index in [0.29, 0.717) is 44.4 Å². The van der Waals surface area contributed by atoms with E-state index in [1.54, 1.807) is 69.3 Å². The number of esters is 2. The molecule has 3 aromatic carbocycles. The van der Waals surface area contributed by atoms with Crippen molar-refractivity contribution in [1.29, 1.82) is 0 Å². The first-order chi connectivity index (χ1) is 23.6. The summed E-state index contributed by atoms with van der Waals surface area (Å²) >= 11 is 1.19. The molecule has 2 heterocycles. The van der Waals surface area contributed by atoms with Crippen LogP contribution in [0.2, 0.25) is 0 Å². The second-order valence-corrected chi connectivity index (χ2v) is 11.7. The van der Waals surface area contributed by atoms with Gasteiger partial charge in [0.1, 0.15) is 12.4 Å². The molecule has 0 bridgehead atoms. The normalized spacial score (nSPS) is 14.0. The number of rotatable bonds is 13. The number of carboxylic acid groups (broad SMARTS) is 1. The first-order valence-corrected chi connectivity index (χ1v) is 16.2. The fourth-order valence-electron chi connectivity index (χ4n) is 5.11. The quantitative estimate of drug-likeness (QED) is 0.204. The van der Waals surface area contributed by atoms with E-state index < -0.39 is 23.9 Å². The Hall–Kier alpha value is -5.69. The van der Waals surface area contributed by atoms with E-state index in [0.717, 1.165) is 11.1 Å². The van der Waals surface area contributed by atoms with Gasteiger partial charge in [0.2, 0.25) is 0 Å². The number of thiazole rings is 1. The highest BCUT2D eigenvalue weighted by Crippen LogP contribution is 2.36. The third-order valence-electron chi connectivity index (χ3n) is 7.46. The van der Waals surface area contributed by atoms with Gasteiger partial charge in [0.15, 0.2) is 22.9 Å². The maximum absolute atomic E-state index is 14.1. The largest absolute Gasteiger partial charge is 0.490 e. The Morgan fingerprint density at radius 2 is 1.67 bits per heavy atom. The fourth-order valence-corrected chi connectivity index (χ4v) is 6.15. The molecule has 0 saturated heterocycles. The summed E-state index contributed by atoms with van der Waals surface area (Å²) in [5.74, 6) is -0.933. The van der Waals surface area contributed by atoms with Crippen LogP contribution in [0.25, 0.3) is 6.08 Å². The van der Waals surface area contributed by atoms with Crippen molar-refractivity contribution < 1.29 is 43.2 Å². The standard InChI is InChI=1S/C36H34N2O10S/c1-5-45-28-18-25(13-16-27(28)48-20-30(39)44-4)32-31(35(43)46-6-2)21(3)37-36-38(32)33(40)29(49-36)17-22-9-14-26(15-10-22)47-19-23-7-11-24(12-8-23)34(41)42/h7-18,32H,5-6,19-20H2,1-4H3,(H,41,42)/b29-17-/t32-/m0/s1. The molecule has 1 aliphatic heterocycles. The molecule has 13 heteroatoms. The van der Waals surface area contributed by atoms with E-state index >= 15 is 0 Å². The number of hydrogen-bond donors (Lipinski definition) is 1. The first kappa shape index (κ1) is 34.6. The zero-order valence-electron chi connectivity index (χ0n) is 27.3. The molecule has 0 fully saturated rings. The molecule has 0 aliphatic carbocycles. The van der Waals surface area contributed by atoms with E-state index in [1.807, 2.05) is 12.1 Å². The Morgan fingerprint density at radius 3 is 2.33 bits per heavy atom. The summed E-state index contributed by atoms with van der Waals surface area (Å²) in [6.45, 7) is 5.56. The van der Waals surface area contributed by atoms with Gasteiger partial charge in [-0.2, -0.15) is 0 Å². The second-order valence-electron chi connectivity index (χ2n) is 10.7. The zero-order chi connectivity index (χ0) is 35.1. The number of methoxy groups -OCH3 is 1. The highest BCUT2D eigenvalue weighted by molar-refractivity contribution is 7.07. The van der Waals surface area contributed by atoms with Gasteiger partial charge in [-0.25, -0.2) is 19.4 Å². The topological polar surface area (TPSA) is 152 Å². The van der Waals surface area contributed by atoms with Crippen molar-refractivity contribution in [2.45, 2.75) is 33.4 Å². The average molecular weight is 687 g/mol. The van der Waals surface area contributed by atoms with Crippen molar-refractivity contribution in [3.8, 4) is 17.2 Å². The summed E-state index contributed by atoms with van der Waals surface area (Å²) in [4.78, 5) is 55.2. The molecule has 0 amide bonds. The molecule has 0 radical (unpaired) electrons. The Kier molecular flexibility index (Phi) is 10.9. The monoisotopic (exact) mass is 686 g/mol. The number of fused-ring (bicyclic) bond motifs is 1. The number of nitrogens with zero attached hydrogens (tertiary/aromatic N) is 2. The van der Waals surface area contributed by atoms with Gasteiger partial charge >= 0.3 is 17.9 Å². The second kappa shape index (κ2) is 15.5. The van der Waals surface area contributed by atoms with Crippen LogP contribution in [0.3, 0.4) is 0 Å². The number of aromatic carboxylic acids is 1. The molecule has 254 valence electrons. The molecule has 1 aliphatic rings. The molecule has 4 aromatic rings. The number of ether oxygens (including phenoxy) is 5. The number of carboxylic acids is 1. The first-order valence-electron chi connectivity index (χ1n) is 15.3. The molecular formula is C36H34N2O10S. The molecule has 49 heavy (non-hydrogen) atoms. The molecule has 0 saturated carbocycles. The van der Waals surface area contributed by atoms with Gasteiger partial charge in [-0.05, 0) is 79.9 Å². The van der Waals surface area contributed by atoms with Gasteiger partial charge < -0.3 is 28.8 Å². The summed E-state index contributed by atoms with van der Waals surface area (Å²) in [7, 11) is 1.26. The number of carbonyl (C=O) groups is 3. The Morgan fingerprint density at radius 1 is 0.939 bits per heavy atom. The lowest BCUT2D eigenvalue weighted by molar-refractivity contribution is -0.143. The van der Waals surface area contributed by atoms with Crippen LogP contribution in [0.4, 0.5) is 0 Å². The van der Waals surface area contributed by atoms with Crippen molar-refractivity contribution in [3.63, 3.8) is 0 Å². The average Bonchev–Trinajstić information content (AvgIpc) is 3.40. The SMILES string of the molecule is CCOC(=O)C1=C(C)N=c2s/c(=C\c3ccc(OCc4ccc(C(=O)O)cc4)cc3)c(=O)n2[C@H]1c1ccc(OCC(=O)OC)c(OCC)c1. The summed E-state index contributed by atoms with van der Waals surface area (Å²) in [6, 6.07) is 17.7. The van der Waals surface area contributed by atoms with E-state index in [2.05, 4.69) is 9.73 Å². The third-order valence-corrected chi connectivity index (χ3v) is 8.44. The maximum atomic E-state index is 14.1. The summed E-state index contributed by atoms with van der Waals surface area (Å²) < 4.78 is 29.2. The minimum atomic E-state index is -0.992. The summed E-state index contributed by atoms with van der Waals surface area (Å²) in [5, 5.41) is 9.08. The van der Waals surface area contributed by atoms with E-state index in [4.69, 9.17) is 24.1 Å². The molecule has 1 N–H and O–H groups in total. The number of allylic oxidation sites excluding steroid dienone is 1. The van der Waals surface area contributed by atoms with E-state index in [-0.39, 0.29) is 36.5 Å². The number of aromatic nitrogens is 1. The smallest absolute Gasteiger partial charge is 0.343 e. The third kappa shape index (κ3) is 7.90. The van der Waals surface area contributed by atoms with Crippen LogP contribution in [-0.2, 0) is 25.7 Å². The molecule has 0 spiro atoms. The fraction of sp³-hybridized carbons (Fsp3) is 0.250. The number of benzene rings is 3. The molecule has 1 aromatic heterocycles.